The normalized spacial score (nSPS) is 25.4. The van der Waals surface area contributed by atoms with Crippen LogP contribution in [0.25, 0.3) is 0 Å². The summed E-state index contributed by atoms with van der Waals surface area (Å²) in [5, 5.41) is 14.0. The number of rotatable bonds is 5. The van der Waals surface area contributed by atoms with Crippen molar-refractivity contribution in [2.75, 3.05) is 35.7 Å². The van der Waals surface area contributed by atoms with E-state index in [-0.39, 0.29) is 17.6 Å². The highest BCUT2D eigenvalue weighted by molar-refractivity contribution is 7.85. The Bertz CT molecular complexity index is 1060. The highest BCUT2D eigenvalue weighted by Gasteiger charge is 2.55. The SMILES string of the molecule is O=S1CC2(CC2)c2nc(N3CCC(c4ncc(Cl)cn4)CC3)nc(NC3(CO)CCC3)c21. The smallest absolute Gasteiger partial charge is 0.227 e. The summed E-state index contributed by atoms with van der Waals surface area (Å²) in [4.78, 5) is 21.7. The number of hydrogen-bond acceptors (Lipinski definition) is 8. The molecule has 0 radical (unpaired) electrons. The van der Waals surface area contributed by atoms with Crippen LogP contribution in [-0.4, -0.2) is 60.2 Å². The van der Waals surface area contributed by atoms with Crippen molar-refractivity contribution >= 4 is 34.2 Å². The van der Waals surface area contributed by atoms with Gasteiger partial charge in [0.15, 0.2) is 0 Å². The summed E-state index contributed by atoms with van der Waals surface area (Å²) >= 11 is 5.93. The van der Waals surface area contributed by atoms with Crippen LogP contribution in [0.5, 0.6) is 0 Å². The lowest BCUT2D eigenvalue weighted by Gasteiger charge is -2.42. The second kappa shape index (κ2) is 7.60. The molecular formula is C22H27ClN6O2S. The zero-order valence-corrected chi connectivity index (χ0v) is 19.5. The molecule has 10 heteroatoms. The van der Waals surface area contributed by atoms with Crippen LogP contribution in [0, 0.1) is 0 Å². The minimum absolute atomic E-state index is 0.0320. The monoisotopic (exact) mass is 474 g/mol. The van der Waals surface area contributed by atoms with Crippen molar-refractivity contribution in [3.05, 3.63) is 28.9 Å². The molecule has 1 unspecified atom stereocenters. The van der Waals surface area contributed by atoms with Gasteiger partial charge in [-0.25, -0.2) is 15.0 Å². The van der Waals surface area contributed by atoms with E-state index in [2.05, 4.69) is 20.2 Å². The molecule has 4 aliphatic rings. The van der Waals surface area contributed by atoms with Crippen molar-refractivity contribution in [1.82, 2.24) is 19.9 Å². The zero-order chi connectivity index (χ0) is 21.9. The van der Waals surface area contributed by atoms with Crippen molar-refractivity contribution in [2.45, 2.75) is 66.7 Å². The molecule has 8 nitrogen and oxygen atoms in total. The largest absolute Gasteiger partial charge is 0.394 e. The summed E-state index contributed by atoms with van der Waals surface area (Å²) < 4.78 is 13.0. The third-order valence-electron chi connectivity index (χ3n) is 7.62. The Balaban J connectivity index is 1.29. The van der Waals surface area contributed by atoms with Gasteiger partial charge in [0.25, 0.3) is 0 Å². The Hall–Kier alpha value is -1.84. The van der Waals surface area contributed by atoms with Crippen LogP contribution in [0.1, 0.15) is 62.4 Å². The maximum atomic E-state index is 13.0. The van der Waals surface area contributed by atoms with E-state index in [4.69, 9.17) is 21.6 Å². The molecule has 1 atom stereocenters. The minimum Gasteiger partial charge on any atom is -0.394 e. The topological polar surface area (TPSA) is 104 Å². The number of aliphatic hydroxyl groups is 1. The van der Waals surface area contributed by atoms with Gasteiger partial charge in [0.05, 0.1) is 33.7 Å². The van der Waals surface area contributed by atoms with E-state index in [1.807, 2.05) is 0 Å². The Kier molecular flexibility index (Phi) is 4.93. The van der Waals surface area contributed by atoms with Crippen LogP contribution < -0.4 is 10.2 Å². The number of nitrogens with one attached hydrogen (secondary N) is 1. The molecule has 2 aliphatic heterocycles. The van der Waals surface area contributed by atoms with Gasteiger partial charge in [-0.1, -0.05) is 11.6 Å². The van der Waals surface area contributed by atoms with Crippen molar-refractivity contribution in [3.8, 4) is 0 Å². The summed E-state index contributed by atoms with van der Waals surface area (Å²) in [5.74, 6) is 3.17. The first-order chi connectivity index (χ1) is 15.5. The van der Waals surface area contributed by atoms with Gasteiger partial charge >= 0.3 is 0 Å². The van der Waals surface area contributed by atoms with E-state index in [9.17, 15) is 9.32 Å². The van der Waals surface area contributed by atoms with Gasteiger partial charge in [-0.3, -0.25) is 4.21 Å². The first-order valence-electron chi connectivity index (χ1n) is 11.4. The Morgan fingerprint density at radius 3 is 2.47 bits per heavy atom. The first kappa shape index (κ1) is 20.7. The van der Waals surface area contributed by atoms with Gasteiger partial charge in [-0.15, -0.1) is 0 Å². The number of nitrogens with zero attached hydrogens (tertiary/aromatic N) is 5. The number of halogens is 1. The van der Waals surface area contributed by atoms with E-state index < -0.39 is 10.8 Å². The number of piperidine rings is 1. The minimum atomic E-state index is -1.09. The highest BCUT2D eigenvalue weighted by atomic mass is 35.5. The molecule has 3 fully saturated rings. The fraction of sp³-hybridized carbons (Fsp3) is 0.636. The van der Waals surface area contributed by atoms with Crippen molar-refractivity contribution in [3.63, 3.8) is 0 Å². The number of aliphatic hydroxyl groups excluding tert-OH is 1. The van der Waals surface area contributed by atoms with Crippen LogP contribution >= 0.6 is 11.6 Å². The summed E-state index contributed by atoms with van der Waals surface area (Å²) in [7, 11) is -1.09. The van der Waals surface area contributed by atoms with E-state index in [0.29, 0.717) is 28.5 Å². The maximum Gasteiger partial charge on any atom is 0.227 e. The number of anilines is 2. The number of aromatic nitrogens is 4. The Morgan fingerprint density at radius 2 is 1.88 bits per heavy atom. The maximum absolute atomic E-state index is 13.0. The fourth-order valence-electron chi connectivity index (χ4n) is 5.21. The van der Waals surface area contributed by atoms with Gasteiger partial charge in [-0.05, 0) is 44.9 Å². The lowest BCUT2D eigenvalue weighted by atomic mass is 9.77. The van der Waals surface area contributed by atoms with Crippen LogP contribution in [0.4, 0.5) is 11.8 Å². The van der Waals surface area contributed by atoms with Gasteiger partial charge < -0.3 is 15.3 Å². The van der Waals surface area contributed by atoms with E-state index in [0.717, 1.165) is 74.4 Å². The van der Waals surface area contributed by atoms with Gasteiger partial charge in [0, 0.05) is 42.6 Å². The molecule has 6 rings (SSSR count). The molecule has 1 saturated heterocycles. The molecule has 0 amide bonds. The standard InChI is InChI=1S/C22H27ClN6O2S/c23-15-10-24-18(25-11-15)14-2-8-29(9-3-14)20-26-17-16(32(31)13-21(17)6-7-21)19(27-20)28-22(12-30)4-1-5-22/h10-11,14,30H,1-9,12-13H2,(H,26,27,28). The Morgan fingerprint density at radius 1 is 1.16 bits per heavy atom. The van der Waals surface area contributed by atoms with Gasteiger partial charge in [0.1, 0.15) is 16.5 Å². The van der Waals surface area contributed by atoms with Crippen molar-refractivity contribution in [1.29, 1.82) is 0 Å². The van der Waals surface area contributed by atoms with Crippen LogP contribution in [0.15, 0.2) is 17.3 Å². The lowest BCUT2D eigenvalue weighted by molar-refractivity contribution is 0.143. The fourth-order valence-corrected chi connectivity index (χ4v) is 7.17. The predicted octanol–water partition coefficient (Wildman–Crippen LogP) is 2.78. The molecule has 2 aliphatic carbocycles. The average molecular weight is 475 g/mol. The summed E-state index contributed by atoms with van der Waals surface area (Å²) in [6.45, 7) is 1.69. The molecule has 32 heavy (non-hydrogen) atoms. The van der Waals surface area contributed by atoms with Crippen molar-refractivity contribution < 1.29 is 9.32 Å². The molecule has 2 N–H and O–H groups in total. The van der Waals surface area contributed by atoms with Gasteiger partial charge in [-0.2, -0.15) is 4.98 Å². The third-order valence-corrected chi connectivity index (χ3v) is 9.48. The average Bonchev–Trinajstić information content (AvgIpc) is 3.50. The predicted molar refractivity (Wildman–Crippen MR) is 123 cm³/mol. The zero-order valence-electron chi connectivity index (χ0n) is 17.9. The molecule has 2 saturated carbocycles. The summed E-state index contributed by atoms with van der Waals surface area (Å²) in [5.41, 5.74) is 0.594. The lowest BCUT2D eigenvalue weighted by Crippen LogP contribution is -2.49. The first-order valence-corrected chi connectivity index (χ1v) is 13.1. The number of fused-ring (bicyclic) bond motifs is 2. The van der Waals surface area contributed by atoms with Crippen LogP contribution in [0.2, 0.25) is 5.02 Å². The molecule has 0 aromatic carbocycles. The molecule has 4 heterocycles. The summed E-state index contributed by atoms with van der Waals surface area (Å²) in [6, 6.07) is 0. The van der Waals surface area contributed by atoms with E-state index in [1.165, 1.54) is 0 Å². The second-order valence-electron chi connectivity index (χ2n) is 9.76. The van der Waals surface area contributed by atoms with E-state index in [1.54, 1.807) is 12.4 Å². The van der Waals surface area contributed by atoms with Crippen LogP contribution in [-0.2, 0) is 16.2 Å². The Labute approximate surface area is 194 Å². The van der Waals surface area contributed by atoms with E-state index >= 15 is 0 Å². The van der Waals surface area contributed by atoms with Gasteiger partial charge in [0.2, 0.25) is 5.95 Å². The molecule has 2 aromatic rings. The number of hydrogen-bond donors (Lipinski definition) is 2. The highest BCUT2D eigenvalue weighted by Crippen LogP contribution is 2.56. The van der Waals surface area contributed by atoms with Crippen molar-refractivity contribution in [2.24, 2.45) is 0 Å². The molecule has 0 bridgehead atoms. The molecular weight excluding hydrogens is 448 g/mol. The third kappa shape index (κ3) is 3.40. The quantitative estimate of drug-likeness (QED) is 0.681. The second-order valence-corrected chi connectivity index (χ2v) is 11.6. The molecule has 2 aromatic heterocycles. The van der Waals surface area contributed by atoms with Crippen LogP contribution in [0.3, 0.4) is 0 Å². The summed E-state index contributed by atoms with van der Waals surface area (Å²) in [6.07, 6.45) is 10.1. The molecule has 1 spiro atoms. The molecule has 170 valence electrons.